The normalized spacial score (nSPS) is 24.0. The molecule has 0 aliphatic carbocycles. The minimum atomic E-state index is 0.157. The van der Waals surface area contributed by atoms with E-state index in [1.165, 1.54) is 25.9 Å². The van der Waals surface area contributed by atoms with E-state index in [0.29, 0.717) is 6.04 Å². The van der Waals surface area contributed by atoms with Gasteiger partial charge in [0.05, 0.1) is 5.56 Å². The molecule has 114 valence electrons. The van der Waals surface area contributed by atoms with E-state index in [4.69, 9.17) is 10.9 Å². The average Bonchev–Trinajstić information content (AvgIpc) is 2.83. The van der Waals surface area contributed by atoms with E-state index in [2.05, 4.69) is 37.0 Å². The van der Waals surface area contributed by atoms with Crippen LogP contribution < -0.4 is 10.6 Å². The Hall–Kier alpha value is -1.27. The van der Waals surface area contributed by atoms with Crippen molar-refractivity contribution >= 4 is 27.5 Å². The fraction of sp³-hybridized carbons (Fsp3) is 0.533. The van der Waals surface area contributed by atoms with Crippen LogP contribution in [0.2, 0.25) is 0 Å². The lowest BCUT2D eigenvalue weighted by Gasteiger charge is -2.29. The number of benzene rings is 1. The predicted molar refractivity (Wildman–Crippen MR) is 88.1 cm³/mol. The number of nitrogens with two attached hydrogens (primary N) is 1. The number of oxime groups is 1. The van der Waals surface area contributed by atoms with Crippen LogP contribution in [-0.2, 0) is 0 Å². The molecule has 2 aliphatic heterocycles. The number of anilines is 1. The summed E-state index contributed by atoms with van der Waals surface area (Å²) in [7, 11) is 0. The minimum Gasteiger partial charge on any atom is -0.409 e. The van der Waals surface area contributed by atoms with E-state index in [1.54, 1.807) is 0 Å². The quantitative estimate of drug-likeness (QED) is 0.370. The summed E-state index contributed by atoms with van der Waals surface area (Å²) in [5.41, 5.74) is 7.71. The van der Waals surface area contributed by atoms with Crippen molar-refractivity contribution in [3.63, 3.8) is 0 Å². The molecule has 6 heteroatoms. The van der Waals surface area contributed by atoms with Gasteiger partial charge in [0.2, 0.25) is 0 Å². The second-order valence-electron chi connectivity index (χ2n) is 5.75. The second kappa shape index (κ2) is 6.23. The first-order valence-corrected chi connectivity index (χ1v) is 8.25. The highest BCUT2D eigenvalue weighted by Crippen LogP contribution is 2.31. The van der Waals surface area contributed by atoms with Gasteiger partial charge >= 0.3 is 0 Å². The molecule has 3 rings (SSSR count). The van der Waals surface area contributed by atoms with Gasteiger partial charge < -0.3 is 15.8 Å². The van der Waals surface area contributed by atoms with Crippen molar-refractivity contribution in [2.45, 2.75) is 25.3 Å². The van der Waals surface area contributed by atoms with Gasteiger partial charge in [0.1, 0.15) is 0 Å². The van der Waals surface area contributed by atoms with Gasteiger partial charge in [-0.1, -0.05) is 11.2 Å². The molecule has 1 aromatic carbocycles. The van der Waals surface area contributed by atoms with Crippen molar-refractivity contribution in [2.24, 2.45) is 10.9 Å². The average molecular weight is 353 g/mol. The summed E-state index contributed by atoms with van der Waals surface area (Å²) in [6.07, 6.45) is 3.71. The van der Waals surface area contributed by atoms with E-state index in [0.717, 1.165) is 35.2 Å². The van der Waals surface area contributed by atoms with E-state index >= 15 is 0 Å². The molecular weight excluding hydrogens is 332 g/mol. The zero-order valence-electron chi connectivity index (χ0n) is 12.0. The lowest BCUT2D eigenvalue weighted by Crippen LogP contribution is -2.37. The Labute approximate surface area is 133 Å². The Kier molecular flexibility index (Phi) is 4.35. The number of hydrogen-bond acceptors (Lipinski definition) is 4. The second-order valence-corrected chi connectivity index (χ2v) is 6.61. The van der Waals surface area contributed by atoms with Gasteiger partial charge in [0, 0.05) is 35.8 Å². The van der Waals surface area contributed by atoms with Gasteiger partial charge in [0.25, 0.3) is 0 Å². The highest BCUT2D eigenvalue weighted by atomic mass is 79.9. The SMILES string of the molecule is N/C(=N/O)c1c(Br)cccc1N1CCCN2CCCC2C1. The molecule has 2 aliphatic rings. The topological polar surface area (TPSA) is 65.1 Å². The van der Waals surface area contributed by atoms with Gasteiger partial charge in [-0.25, -0.2) is 0 Å². The zero-order valence-corrected chi connectivity index (χ0v) is 13.6. The van der Waals surface area contributed by atoms with E-state index < -0.39 is 0 Å². The number of fused-ring (bicyclic) bond motifs is 1. The van der Waals surface area contributed by atoms with Crippen LogP contribution in [0.5, 0.6) is 0 Å². The molecule has 0 spiro atoms. The summed E-state index contributed by atoms with van der Waals surface area (Å²) in [4.78, 5) is 4.98. The molecule has 0 bridgehead atoms. The molecule has 2 saturated heterocycles. The summed E-state index contributed by atoms with van der Waals surface area (Å²) < 4.78 is 0.864. The number of rotatable bonds is 2. The van der Waals surface area contributed by atoms with Crippen LogP contribution in [0.25, 0.3) is 0 Å². The third kappa shape index (κ3) is 2.87. The first kappa shape index (κ1) is 14.7. The maximum absolute atomic E-state index is 9.06. The van der Waals surface area contributed by atoms with Crippen LogP contribution in [0.3, 0.4) is 0 Å². The molecule has 0 radical (unpaired) electrons. The number of hydrogen-bond donors (Lipinski definition) is 2. The standard InChI is InChI=1S/C15H21BrN4O/c16-12-5-1-6-13(14(12)15(17)18-21)20-9-3-8-19-7-2-4-11(19)10-20/h1,5-6,11,21H,2-4,7-10H2,(H2,17,18). The molecule has 0 amide bonds. The summed E-state index contributed by atoms with van der Waals surface area (Å²) in [6.45, 7) is 4.43. The molecule has 2 heterocycles. The molecule has 1 atom stereocenters. The van der Waals surface area contributed by atoms with Crippen molar-refractivity contribution in [3.05, 3.63) is 28.2 Å². The fourth-order valence-electron chi connectivity index (χ4n) is 3.51. The molecule has 0 aromatic heterocycles. The van der Waals surface area contributed by atoms with Crippen molar-refractivity contribution in [1.29, 1.82) is 0 Å². The molecule has 0 saturated carbocycles. The summed E-state index contributed by atoms with van der Waals surface area (Å²) >= 11 is 3.52. The highest BCUT2D eigenvalue weighted by molar-refractivity contribution is 9.10. The van der Waals surface area contributed by atoms with Gasteiger partial charge in [0.15, 0.2) is 5.84 Å². The first-order chi connectivity index (χ1) is 10.2. The Balaban J connectivity index is 1.94. The van der Waals surface area contributed by atoms with Gasteiger partial charge in [-0.3, -0.25) is 4.90 Å². The smallest absolute Gasteiger partial charge is 0.173 e. The molecule has 21 heavy (non-hydrogen) atoms. The molecule has 5 nitrogen and oxygen atoms in total. The van der Waals surface area contributed by atoms with Crippen molar-refractivity contribution in [1.82, 2.24) is 4.90 Å². The third-order valence-corrected chi connectivity index (χ3v) is 5.16. The highest BCUT2D eigenvalue weighted by Gasteiger charge is 2.30. The van der Waals surface area contributed by atoms with Crippen LogP contribution in [0.4, 0.5) is 5.69 Å². The Bertz CT molecular complexity index is 548. The molecular formula is C15H21BrN4O. The zero-order chi connectivity index (χ0) is 14.8. The summed E-state index contributed by atoms with van der Waals surface area (Å²) in [5, 5.41) is 12.2. The van der Waals surface area contributed by atoms with Crippen molar-refractivity contribution < 1.29 is 5.21 Å². The molecule has 1 aromatic rings. The fourth-order valence-corrected chi connectivity index (χ4v) is 4.06. The van der Waals surface area contributed by atoms with Crippen molar-refractivity contribution in [2.75, 3.05) is 31.1 Å². The maximum atomic E-state index is 9.06. The Morgan fingerprint density at radius 3 is 2.90 bits per heavy atom. The Morgan fingerprint density at radius 2 is 2.10 bits per heavy atom. The minimum absolute atomic E-state index is 0.157. The maximum Gasteiger partial charge on any atom is 0.173 e. The van der Waals surface area contributed by atoms with Gasteiger partial charge in [-0.2, -0.15) is 0 Å². The van der Waals surface area contributed by atoms with Crippen LogP contribution in [0, 0.1) is 0 Å². The van der Waals surface area contributed by atoms with E-state index in [9.17, 15) is 0 Å². The monoisotopic (exact) mass is 352 g/mol. The lowest BCUT2D eigenvalue weighted by atomic mass is 10.1. The van der Waals surface area contributed by atoms with Crippen LogP contribution >= 0.6 is 15.9 Å². The van der Waals surface area contributed by atoms with Gasteiger partial charge in [-0.05, 0) is 53.9 Å². The molecule has 3 N–H and O–H groups in total. The van der Waals surface area contributed by atoms with Crippen LogP contribution in [0.1, 0.15) is 24.8 Å². The van der Waals surface area contributed by atoms with E-state index in [-0.39, 0.29) is 5.84 Å². The lowest BCUT2D eigenvalue weighted by molar-refractivity contribution is 0.273. The van der Waals surface area contributed by atoms with Crippen LogP contribution in [0.15, 0.2) is 27.8 Å². The van der Waals surface area contributed by atoms with E-state index in [1.807, 2.05) is 12.1 Å². The summed E-state index contributed by atoms with van der Waals surface area (Å²) in [5.74, 6) is 0.157. The predicted octanol–water partition coefficient (Wildman–Crippen LogP) is 2.22. The molecule has 2 fully saturated rings. The third-order valence-electron chi connectivity index (χ3n) is 4.50. The first-order valence-electron chi connectivity index (χ1n) is 7.46. The Morgan fingerprint density at radius 1 is 1.29 bits per heavy atom. The summed E-state index contributed by atoms with van der Waals surface area (Å²) in [6, 6.07) is 6.62. The largest absolute Gasteiger partial charge is 0.409 e. The number of halogens is 1. The van der Waals surface area contributed by atoms with Crippen LogP contribution in [-0.4, -0.2) is 48.2 Å². The molecule has 1 unspecified atom stereocenters. The van der Waals surface area contributed by atoms with Crippen molar-refractivity contribution in [3.8, 4) is 0 Å². The number of amidine groups is 1. The van der Waals surface area contributed by atoms with Gasteiger partial charge in [-0.15, -0.1) is 0 Å². The number of nitrogens with zero attached hydrogens (tertiary/aromatic N) is 3.